The van der Waals surface area contributed by atoms with Crippen LogP contribution in [0.3, 0.4) is 0 Å². The fourth-order valence-electron chi connectivity index (χ4n) is 2.33. The Balaban J connectivity index is 1.99. The smallest absolute Gasteiger partial charge is 0.299 e. The molecule has 1 aromatic carbocycles. The number of fused-ring (bicyclic) bond motifs is 1. The second-order valence-corrected chi connectivity index (χ2v) is 4.37. The maximum Gasteiger partial charge on any atom is 0.299 e. The van der Waals surface area contributed by atoms with Crippen LogP contribution in [0.25, 0.3) is 11.1 Å². The average molecular weight is 245 g/mol. The summed E-state index contributed by atoms with van der Waals surface area (Å²) in [6.07, 6.45) is 0.741. The van der Waals surface area contributed by atoms with Gasteiger partial charge in [0.1, 0.15) is 11.6 Å². The van der Waals surface area contributed by atoms with E-state index in [1.54, 1.807) is 0 Å². The van der Waals surface area contributed by atoms with Crippen LogP contribution in [0.1, 0.15) is 13.3 Å². The largest absolute Gasteiger partial charge is 0.423 e. The van der Waals surface area contributed by atoms with Gasteiger partial charge in [0.05, 0.1) is 0 Å². The van der Waals surface area contributed by atoms with Gasteiger partial charge in [-0.15, -0.1) is 0 Å². The summed E-state index contributed by atoms with van der Waals surface area (Å²) in [4.78, 5) is 18.2. The van der Waals surface area contributed by atoms with E-state index in [2.05, 4.69) is 10.3 Å². The van der Waals surface area contributed by atoms with Crippen molar-refractivity contribution >= 4 is 23.0 Å². The molecule has 1 aliphatic heterocycles. The quantitative estimate of drug-likeness (QED) is 0.872. The van der Waals surface area contributed by atoms with E-state index in [0.29, 0.717) is 12.6 Å². The van der Waals surface area contributed by atoms with Crippen molar-refractivity contribution in [3.8, 4) is 0 Å². The van der Waals surface area contributed by atoms with E-state index in [9.17, 15) is 4.79 Å². The topological polar surface area (TPSA) is 58.4 Å². The summed E-state index contributed by atoms with van der Waals surface area (Å²) < 4.78 is 5.72. The first-order valence-corrected chi connectivity index (χ1v) is 6.19. The Morgan fingerprint density at radius 2 is 2.33 bits per heavy atom. The Morgan fingerprint density at radius 3 is 3.11 bits per heavy atom. The molecule has 2 aromatic rings. The third-order valence-electron chi connectivity index (χ3n) is 3.25. The predicted molar refractivity (Wildman–Crippen MR) is 68.4 cm³/mol. The third kappa shape index (κ3) is 1.72. The zero-order valence-corrected chi connectivity index (χ0v) is 10.2. The number of rotatable bonds is 2. The van der Waals surface area contributed by atoms with Crippen LogP contribution in [0.5, 0.6) is 0 Å². The van der Waals surface area contributed by atoms with Crippen LogP contribution in [0.15, 0.2) is 28.7 Å². The molecule has 1 aromatic heterocycles. The molecule has 1 unspecified atom stereocenters. The van der Waals surface area contributed by atoms with Crippen LogP contribution in [-0.2, 0) is 4.79 Å². The van der Waals surface area contributed by atoms with Gasteiger partial charge in [0.25, 0.3) is 6.01 Å². The van der Waals surface area contributed by atoms with E-state index in [1.165, 1.54) is 0 Å². The first-order valence-electron chi connectivity index (χ1n) is 6.19. The van der Waals surface area contributed by atoms with Gasteiger partial charge in [0, 0.05) is 13.1 Å². The number of carbonyl (C=O) groups excluding carboxylic acids is 1. The van der Waals surface area contributed by atoms with E-state index in [-0.39, 0.29) is 11.9 Å². The molecule has 1 N–H and O–H groups in total. The highest BCUT2D eigenvalue weighted by Gasteiger charge is 2.31. The average Bonchev–Trinajstić information content (AvgIpc) is 2.82. The lowest BCUT2D eigenvalue weighted by molar-refractivity contribution is -0.123. The standard InChI is InChI=1S/C13H15N3O2/c1-2-10-12(17)14-7-8-16(10)13-15-9-5-3-4-6-11(9)18-13/h3-6,10H,2,7-8H2,1H3,(H,14,17). The van der Waals surface area contributed by atoms with E-state index in [4.69, 9.17) is 4.42 Å². The molecule has 0 radical (unpaired) electrons. The molecule has 94 valence electrons. The van der Waals surface area contributed by atoms with Crippen molar-refractivity contribution < 1.29 is 9.21 Å². The van der Waals surface area contributed by atoms with Gasteiger partial charge in [-0.05, 0) is 18.6 Å². The number of aromatic nitrogens is 1. The van der Waals surface area contributed by atoms with Crippen LogP contribution in [-0.4, -0.2) is 30.0 Å². The van der Waals surface area contributed by atoms with Crippen LogP contribution in [0, 0.1) is 0 Å². The van der Waals surface area contributed by atoms with Crippen molar-refractivity contribution in [1.29, 1.82) is 0 Å². The summed E-state index contributed by atoms with van der Waals surface area (Å²) in [5.74, 6) is 0.0472. The number of nitrogens with one attached hydrogen (secondary N) is 1. The molecule has 5 nitrogen and oxygen atoms in total. The highest BCUT2D eigenvalue weighted by atomic mass is 16.4. The van der Waals surface area contributed by atoms with Crippen LogP contribution < -0.4 is 10.2 Å². The Hall–Kier alpha value is -2.04. The lowest BCUT2D eigenvalue weighted by Gasteiger charge is -2.33. The molecule has 18 heavy (non-hydrogen) atoms. The number of carbonyl (C=O) groups is 1. The number of benzene rings is 1. The first-order chi connectivity index (χ1) is 8.79. The minimum absolute atomic E-state index is 0.0472. The predicted octanol–water partition coefficient (Wildman–Crippen LogP) is 1.54. The molecule has 1 aliphatic rings. The molecule has 2 heterocycles. The van der Waals surface area contributed by atoms with Crippen molar-refractivity contribution in [2.75, 3.05) is 18.0 Å². The van der Waals surface area contributed by atoms with Crippen molar-refractivity contribution in [3.63, 3.8) is 0 Å². The van der Waals surface area contributed by atoms with Gasteiger partial charge in [0.2, 0.25) is 5.91 Å². The van der Waals surface area contributed by atoms with Crippen LogP contribution in [0.4, 0.5) is 6.01 Å². The molecule has 0 aliphatic carbocycles. The summed E-state index contributed by atoms with van der Waals surface area (Å²) in [6.45, 7) is 3.36. The number of para-hydroxylation sites is 2. The summed E-state index contributed by atoms with van der Waals surface area (Å²) in [5, 5.41) is 2.87. The van der Waals surface area contributed by atoms with E-state index < -0.39 is 0 Å². The molecule has 1 amide bonds. The number of oxazole rings is 1. The van der Waals surface area contributed by atoms with Crippen LogP contribution in [0.2, 0.25) is 0 Å². The molecular formula is C13H15N3O2. The van der Waals surface area contributed by atoms with Crippen molar-refractivity contribution in [2.45, 2.75) is 19.4 Å². The van der Waals surface area contributed by atoms with Crippen molar-refractivity contribution in [2.24, 2.45) is 0 Å². The number of amides is 1. The second kappa shape index (κ2) is 4.33. The number of hydrogen-bond acceptors (Lipinski definition) is 4. The highest BCUT2D eigenvalue weighted by molar-refractivity contribution is 5.86. The number of piperazine rings is 1. The van der Waals surface area contributed by atoms with Gasteiger partial charge < -0.3 is 14.6 Å². The van der Waals surface area contributed by atoms with Gasteiger partial charge in [-0.2, -0.15) is 4.98 Å². The summed E-state index contributed by atoms with van der Waals surface area (Å²) in [5.41, 5.74) is 1.58. The molecule has 0 spiro atoms. The zero-order chi connectivity index (χ0) is 12.5. The highest BCUT2D eigenvalue weighted by Crippen LogP contribution is 2.24. The maximum absolute atomic E-state index is 11.8. The normalized spacial score (nSPS) is 20.2. The lowest BCUT2D eigenvalue weighted by Crippen LogP contribution is -2.55. The minimum Gasteiger partial charge on any atom is -0.423 e. The molecule has 5 heteroatoms. The van der Waals surface area contributed by atoms with E-state index in [1.807, 2.05) is 36.1 Å². The molecule has 1 saturated heterocycles. The molecule has 0 saturated carbocycles. The third-order valence-corrected chi connectivity index (χ3v) is 3.25. The van der Waals surface area contributed by atoms with Gasteiger partial charge in [-0.1, -0.05) is 19.1 Å². The monoisotopic (exact) mass is 245 g/mol. The molecule has 3 rings (SSSR count). The van der Waals surface area contributed by atoms with E-state index in [0.717, 1.165) is 24.1 Å². The Bertz CT molecular complexity index is 545. The SMILES string of the molecule is CCC1C(=O)NCCN1c1nc2ccccc2o1. The Labute approximate surface area is 105 Å². The Kier molecular flexibility index (Phi) is 2.66. The fraction of sp³-hybridized carbons (Fsp3) is 0.385. The minimum atomic E-state index is -0.188. The maximum atomic E-state index is 11.8. The number of hydrogen-bond donors (Lipinski definition) is 1. The van der Waals surface area contributed by atoms with Gasteiger partial charge in [-0.3, -0.25) is 4.79 Å². The lowest BCUT2D eigenvalue weighted by atomic mass is 10.1. The van der Waals surface area contributed by atoms with Crippen molar-refractivity contribution in [3.05, 3.63) is 24.3 Å². The number of anilines is 1. The van der Waals surface area contributed by atoms with Crippen molar-refractivity contribution in [1.82, 2.24) is 10.3 Å². The first kappa shape index (κ1) is 11.1. The number of nitrogens with zero attached hydrogens (tertiary/aromatic N) is 2. The summed E-state index contributed by atoms with van der Waals surface area (Å²) >= 11 is 0. The van der Waals surface area contributed by atoms with Gasteiger partial charge in [0.15, 0.2) is 5.58 Å². The Morgan fingerprint density at radius 1 is 1.50 bits per heavy atom. The molecular weight excluding hydrogens is 230 g/mol. The molecule has 1 fully saturated rings. The molecule has 0 bridgehead atoms. The van der Waals surface area contributed by atoms with E-state index >= 15 is 0 Å². The van der Waals surface area contributed by atoms with Gasteiger partial charge >= 0.3 is 0 Å². The summed E-state index contributed by atoms with van der Waals surface area (Å²) in [7, 11) is 0. The zero-order valence-electron chi connectivity index (χ0n) is 10.2. The fourth-order valence-corrected chi connectivity index (χ4v) is 2.33. The molecule has 1 atom stereocenters. The summed E-state index contributed by atoms with van der Waals surface area (Å²) in [6, 6.07) is 7.99. The second-order valence-electron chi connectivity index (χ2n) is 4.37. The van der Waals surface area contributed by atoms with Crippen LogP contribution >= 0.6 is 0 Å². The van der Waals surface area contributed by atoms with Gasteiger partial charge in [-0.25, -0.2) is 0 Å².